The van der Waals surface area contributed by atoms with Gasteiger partial charge in [0.2, 0.25) is 15.9 Å². The summed E-state index contributed by atoms with van der Waals surface area (Å²) in [5, 5.41) is 12.4. The minimum Gasteiger partial charge on any atom is -0.444 e. The van der Waals surface area contributed by atoms with Crippen LogP contribution in [0.4, 0.5) is 0 Å². The number of aryl methyl sites for hydroxylation is 1. The second-order valence-corrected chi connectivity index (χ2v) is 9.32. The maximum Gasteiger partial charge on any atom is 0.283 e. The molecule has 3 aromatic rings. The molecule has 9 nitrogen and oxygen atoms in total. The maximum absolute atomic E-state index is 13.2. The van der Waals surface area contributed by atoms with E-state index in [1.165, 1.54) is 4.31 Å². The Labute approximate surface area is 178 Å². The summed E-state index contributed by atoms with van der Waals surface area (Å²) in [4.78, 5) is 0.245. The van der Waals surface area contributed by atoms with Crippen molar-refractivity contribution in [3.05, 3.63) is 34.1 Å². The molecule has 0 amide bonds. The van der Waals surface area contributed by atoms with Crippen molar-refractivity contribution in [3.63, 3.8) is 0 Å². The molecule has 3 aromatic heterocycles. The molecule has 158 valence electrons. The summed E-state index contributed by atoms with van der Waals surface area (Å²) in [5.41, 5.74) is 0.995. The van der Waals surface area contributed by atoms with Crippen molar-refractivity contribution in [2.24, 2.45) is 0 Å². The Hall–Kier alpha value is -1.98. The smallest absolute Gasteiger partial charge is 0.283 e. The Morgan fingerprint density at radius 2 is 1.79 bits per heavy atom. The van der Waals surface area contributed by atoms with Crippen molar-refractivity contribution >= 4 is 26.0 Å². The van der Waals surface area contributed by atoms with E-state index in [-0.39, 0.29) is 17.3 Å². The Balaban J connectivity index is 1.89. The molecule has 0 aliphatic rings. The van der Waals surface area contributed by atoms with E-state index in [0.717, 1.165) is 12.8 Å². The van der Waals surface area contributed by atoms with Crippen LogP contribution in [0.5, 0.6) is 0 Å². The molecule has 0 radical (unpaired) electrons. The topological polar surface area (TPSA) is 107 Å². The third-order valence-corrected chi connectivity index (χ3v) is 6.97. The summed E-state index contributed by atoms with van der Waals surface area (Å²) in [6, 6.07) is 3.45. The number of hydrogen-bond acceptors (Lipinski definition) is 7. The molecule has 0 unspecified atom stereocenters. The van der Waals surface area contributed by atoms with Crippen molar-refractivity contribution in [3.8, 4) is 11.7 Å². The molecule has 29 heavy (non-hydrogen) atoms. The zero-order chi connectivity index (χ0) is 21.2. The minimum absolute atomic E-state index is 0.165. The predicted octanol–water partition coefficient (Wildman–Crippen LogP) is 3.76. The van der Waals surface area contributed by atoms with Crippen LogP contribution < -0.4 is 0 Å². The number of halogens is 1. The normalized spacial score (nSPS) is 12.2. The van der Waals surface area contributed by atoms with Gasteiger partial charge in [-0.2, -0.15) is 9.40 Å². The molecule has 0 aliphatic carbocycles. The molecule has 0 aliphatic heterocycles. The standard InChI is InChI=1S/C18H24BrN5O4S/c1-5-9-23(10-6-2)29(25,26)17-12(3)22-24(13(17)4)11-16-20-21-18(28-16)14-7-8-15(19)27-14/h7-8H,5-6,9-11H2,1-4H3. The highest BCUT2D eigenvalue weighted by Gasteiger charge is 2.30. The van der Waals surface area contributed by atoms with E-state index in [2.05, 4.69) is 31.2 Å². The molecule has 0 aromatic carbocycles. The van der Waals surface area contributed by atoms with Gasteiger partial charge < -0.3 is 8.83 Å². The summed E-state index contributed by atoms with van der Waals surface area (Å²) in [6.07, 6.45) is 1.50. The van der Waals surface area contributed by atoms with Gasteiger partial charge in [-0.05, 0) is 54.8 Å². The van der Waals surface area contributed by atoms with Crippen molar-refractivity contribution in [1.29, 1.82) is 0 Å². The summed E-state index contributed by atoms with van der Waals surface area (Å²) in [6.45, 7) is 8.49. The van der Waals surface area contributed by atoms with Crippen LogP contribution in [0.3, 0.4) is 0 Å². The molecule has 3 heterocycles. The number of sulfonamides is 1. The van der Waals surface area contributed by atoms with Crippen molar-refractivity contribution in [1.82, 2.24) is 24.3 Å². The van der Waals surface area contributed by atoms with Gasteiger partial charge in [-0.3, -0.25) is 4.68 Å². The average Bonchev–Trinajstić information content (AvgIpc) is 3.35. The quantitative estimate of drug-likeness (QED) is 0.453. The number of nitrogens with zero attached hydrogens (tertiary/aromatic N) is 5. The monoisotopic (exact) mass is 485 g/mol. The summed E-state index contributed by atoms with van der Waals surface area (Å²) < 4.78 is 41.1. The highest BCUT2D eigenvalue weighted by molar-refractivity contribution is 9.10. The van der Waals surface area contributed by atoms with Gasteiger partial charge >= 0.3 is 0 Å². The molecule has 0 spiro atoms. The van der Waals surface area contributed by atoms with Gasteiger partial charge in [-0.1, -0.05) is 13.8 Å². The number of rotatable bonds is 9. The molecule has 0 saturated carbocycles. The number of furan rings is 1. The van der Waals surface area contributed by atoms with Crippen molar-refractivity contribution in [2.75, 3.05) is 13.1 Å². The van der Waals surface area contributed by atoms with Crippen LogP contribution in [0.15, 0.2) is 30.5 Å². The second-order valence-electron chi connectivity index (χ2n) is 6.67. The fraction of sp³-hybridized carbons (Fsp3) is 0.500. The van der Waals surface area contributed by atoms with E-state index in [4.69, 9.17) is 8.83 Å². The SMILES string of the molecule is CCCN(CCC)S(=O)(=O)c1c(C)nn(Cc2nnc(-c3ccc(Br)o3)o2)c1C. The Kier molecular flexibility index (Phi) is 6.59. The van der Waals surface area contributed by atoms with Gasteiger partial charge in [0.25, 0.3) is 5.89 Å². The van der Waals surface area contributed by atoms with E-state index in [0.29, 0.717) is 40.8 Å². The second kappa shape index (κ2) is 8.80. The molecular formula is C18H24BrN5O4S. The van der Waals surface area contributed by atoms with Gasteiger partial charge in [0.05, 0.1) is 11.4 Å². The Morgan fingerprint density at radius 3 is 2.38 bits per heavy atom. The van der Waals surface area contributed by atoms with E-state index in [1.54, 1.807) is 30.7 Å². The average molecular weight is 486 g/mol. The van der Waals surface area contributed by atoms with E-state index >= 15 is 0 Å². The lowest BCUT2D eigenvalue weighted by molar-refractivity contribution is 0.409. The van der Waals surface area contributed by atoms with Gasteiger partial charge in [-0.15, -0.1) is 10.2 Å². The molecule has 0 atom stereocenters. The molecule has 11 heteroatoms. The van der Waals surface area contributed by atoms with Crippen molar-refractivity contribution in [2.45, 2.75) is 52.0 Å². The third kappa shape index (κ3) is 4.46. The first-order valence-electron chi connectivity index (χ1n) is 9.40. The molecule has 0 bridgehead atoms. The minimum atomic E-state index is -3.63. The van der Waals surface area contributed by atoms with Crippen LogP contribution in [0.25, 0.3) is 11.7 Å². The first-order chi connectivity index (χ1) is 13.8. The summed E-state index contributed by atoms with van der Waals surface area (Å²) in [7, 11) is -3.63. The van der Waals surface area contributed by atoms with Crippen LogP contribution in [0, 0.1) is 13.8 Å². The van der Waals surface area contributed by atoms with E-state index in [1.807, 2.05) is 13.8 Å². The lowest BCUT2D eigenvalue weighted by Gasteiger charge is -2.21. The van der Waals surface area contributed by atoms with Crippen molar-refractivity contribution < 1.29 is 17.3 Å². The molecule has 3 rings (SSSR count). The number of hydrogen-bond donors (Lipinski definition) is 0. The zero-order valence-corrected chi connectivity index (χ0v) is 19.2. The van der Waals surface area contributed by atoms with E-state index in [9.17, 15) is 8.42 Å². The highest BCUT2D eigenvalue weighted by atomic mass is 79.9. The molecule has 0 N–H and O–H groups in total. The zero-order valence-electron chi connectivity index (χ0n) is 16.8. The largest absolute Gasteiger partial charge is 0.444 e. The van der Waals surface area contributed by atoms with Gasteiger partial charge in [0.1, 0.15) is 11.4 Å². The Morgan fingerprint density at radius 1 is 1.10 bits per heavy atom. The predicted molar refractivity (Wildman–Crippen MR) is 110 cm³/mol. The summed E-state index contributed by atoms with van der Waals surface area (Å²) >= 11 is 3.23. The fourth-order valence-corrected chi connectivity index (χ4v) is 5.47. The highest BCUT2D eigenvalue weighted by Crippen LogP contribution is 2.26. The summed E-state index contributed by atoms with van der Waals surface area (Å²) in [5.74, 6) is 1.00. The van der Waals surface area contributed by atoms with Crippen LogP contribution in [-0.2, 0) is 16.6 Å². The maximum atomic E-state index is 13.2. The number of aromatic nitrogens is 4. The van der Waals surface area contributed by atoms with Crippen LogP contribution >= 0.6 is 15.9 Å². The third-order valence-electron chi connectivity index (χ3n) is 4.39. The first kappa shape index (κ1) is 21.7. The molecule has 0 fully saturated rings. The van der Waals surface area contributed by atoms with E-state index < -0.39 is 10.0 Å². The van der Waals surface area contributed by atoms with Crippen LogP contribution in [0.1, 0.15) is 44.0 Å². The molecule has 0 saturated heterocycles. The van der Waals surface area contributed by atoms with Gasteiger partial charge in [-0.25, -0.2) is 8.42 Å². The Bertz CT molecular complexity index is 1080. The van der Waals surface area contributed by atoms with Gasteiger partial charge in [0.15, 0.2) is 10.4 Å². The molecular weight excluding hydrogens is 462 g/mol. The van der Waals surface area contributed by atoms with Crippen LogP contribution in [0.2, 0.25) is 0 Å². The van der Waals surface area contributed by atoms with Crippen LogP contribution in [-0.4, -0.2) is 45.8 Å². The fourth-order valence-electron chi connectivity index (χ4n) is 3.16. The first-order valence-corrected chi connectivity index (χ1v) is 11.6. The van der Waals surface area contributed by atoms with Gasteiger partial charge in [0, 0.05) is 13.1 Å². The lowest BCUT2D eigenvalue weighted by atomic mass is 10.4. The lowest BCUT2D eigenvalue weighted by Crippen LogP contribution is -2.33.